The fraction of sp³-hybridized carbons (Fsp3) is 0.133. The molecule has 2 aromatic carbocycles. The number of hydrogen-bond donors (Lipinski definition) is 0. The van der Waals surface area contributed by atoms with E-state index in [0.717, 1.165) is 11.3 Å². The average molecular weight is 274 g/mol. The molecule has 0 unspecified atom stereocenters. The summed E-state index contributed by atoms with van der Waals surface area (Å²) in [5.41, 5.74) is 2.35. The van der Waals surface area contributed by atoms with E-state index in [0.29, 0.717) is 22.1 Å². The largest absolute Gasteiger partial charge is 0.454 e. The van der Waals surface area contributed by atoms with Crippen LogP contribution in [0.25, 0.3) is 0 Å². The molecule has 0 saturated heterocycles. The molecule has 3 rings (SSSR count). The van der Waals surface area contributed by atoms with Crippen LogP contribution in [0.15, 0.2) is 36.4 Å². The van der Waals surface area contributed by atoms with Crippen molar-refractivity contribution in [3.05, 3.63) is 52.5 Å². The zero-order chi connectivity index (χ0) is 13.6. The fourth-order valence-corrected chi connectivity index (χ4v) is 2.30. The van der Waals surface area contributed by atoms with Crippen LogP contribution in [0.4, 0.5) is 5.69 Å². The number of fused-ring (bicyclic) bond motifs is 2. The number of anilines is 1. The van der Waals surface area contributed by atoms with Gasteiger partial charge in [0.2, 0.25) is 0 Å². The van der Waals surface area contributed by atoms with Crippen molar-refractivity contribution in [2.45, 2.75) is 6.92 Å². The summed E-state index contributed by atoms with van der Waals surface area (Å²) >= 11 is 5.96. The van der Waals surface area contributed by atoms with E-state index >= 15 is 0 Å². The Balaban J connectivity index is 2.23. The summed E-state index contributed by atoms with van der Waals surface area (Å²) in [6, 6.07) is 10.8. The molecular weight excluding hydrogens is 262 g/mol. The summed E-state index contributed by atoms with van der Waals surface area (Å²) in [7, 11) is 1.74. The van der Waals surface area contributed by atoms with Crippen molar-refractivity contribution in [3.63, 3.8) is 0 Å². The van der Waals surface area contributed by atoms with Crippen molar-refractivity contribution in [1.29, 1.82) is 0 Å². The minimum Gasteiger partial charge on any atom is -0.454 e. The van der Waals surface area contributed by atoms with E-state index in [-0.39, 0.29) is 5.91 Å². The molecule has 1 aliphatic heterocycles. The summed E-state index contributed by atoms with van der Waals surface area (Å²) in [6.07, 6.45) is 0. The number of hydrogen-bond acceptors (Lipinski definition) is 2. The Labute approximate surface area is 116 Å². The lowest BCUT2D eigenvalue weighted by molar-refractivity contribution is 0.0993. The lowest BCUT2D eigenvalue weighted by Crippen LogP contribution is -2.25. The molecule has 1 aliphatic rings. The summed E-state index contributed by atoms with van der Waals surface area (Å²) in [5.74, 6) is 1.05. The van der Waals surface area contributed by atoms with Crippen LogP contribution in [0, 0.1) is 6.92 Å². The van der Waals surface area contributed by atoms with Crippen molar-refractivity contribution in [3.8, 4) is 11.5 Å². The molecular formula is C15H12ClNO2. The van der Waals surface area contributed by atoms with Crippen molar-refractivity contribution < 1.29 is 9.53 Å². The van der Waals surface area contributed by atoms with Gasteiger partial charge >= 0.3 is 0 Å². The standard InChI is InChI=1S/C15H12ClNO2/c1-9-3-6-13-12(7-9)17(2)15(18)11-5-4-10(16)8-14(11)19-13/h3-8H,1-2H3. The van der Waals surface area contributed by atoms with E-state index in [1.807, 2.05) is 25.1 Å². The molecule has 2 aromatic rings. The van der Waals surface area contributed by atoms with Gasteiger partial charge in [0, 0.05) is 18.1 Å². The maximum atomic E-state index is 12.4. The topological polar surface area (TPSA) is 29.5 Å². The van der Waals surface area contributed by atoms with Gasteiger partial charge in [-0.1, -0.05) is 17.7 Å². The number of ether oxygens (including phenoxy) is 1. The van der Waals surface area contributed by atoms with Crippen molar-refractivity contribution in [2.24, 2.45) is 0 Å². The van der Waals surface area contributed by atoms with Crippen LogP contribution in [0.3, 0.4) is 0 Å². The van der Waals surface area contributed by atoms with E-state index in [9.17, 15) is 4.79 Å². The molecule has 1 amide bonds. The molecule has 4 heteroatoms. The molecule has 0 fully saturated rings. The zero-order valence-electron chi connectivity index (χ0n) is 10.6. The Hall–Kier alpha value is -2.00. The average Bonchev–Trinajstić information content (AvgIpc) is 2.48. The maximum absolute atomic E-state index is 12.4. The number of nitrogens with zero attached hydrogens (tertiary/aromatic N) is 1. The van der Waals surface area contributed by atoms with Gasteiger partial charge in [-0.3, -0.25) is 4.79 Å². The lowest BCUT2D eigenvalue weighted by atomic mass is 10.1. The molecule has 1 heterocycles. The van der Waals surface area contributed by atoms with Crippen LogP contribution < -0.4 is 9.64 Å². The number of amides is 1. The fourth-order valence-electron chi connectivity index (χ4n) is 2.14. The van der Waals surface area contributed by atoms with E-state index in [1.165, 1.54) is 0 Å². The number of benzene rings is 2. The molecule has 96 valence electrons. The first-order valence-electron chi connectivity index (χ1n) is 5.92. The van der Waals surface area contributed by atoms with Gasteiger partial charge in [-0.15, -0.1) is 0 Å². The summed E-state index contributed by atoms with van der Waals surface area (Å²) < 4.78 is 5.83. The smallest absolute Gasteiger partial charge is 0.261 e. The third kappa shape index (κ3) is 1.96. The first-order chi connectivity index (χ1) is 9.06. The molecule has 19 heavy (non-hydrogen) atoms. The van der Waals surface area contributed by atoms with Crippen molar-refractivity contribution >= 4 is 23.2 Å². The predicted molar refractivity (Wildman–Crippen MR) is 75.4 cm³/mol. The monoisotopic (exact) mass is 273 g/mol. The highest BCUT2D eigenvalue weighted by atomic mass is 35.5. The number of rotatable bonds is 0. The van der Waals surface area contributed by atoms with Gasteiger partial charge in [0.15, 0.2) is 5.75 Å². The van der Waals surface area contributed by atoms with Gasteiger partial charge in [-0.2, -0.15) is 0 Å². The predicted octanol–water partition coefficient (Wildman–Crippen LogP) is 4.03. The number of halogens is 1. The Morgan fingerprint density at radius 3 is 2.68 bits per heavy atom. The van der Waals surface area contributed by atoms with Crippen LogP contribution in [0.5, 0.6) is 11.5 Å². The van der Waals surface area contributed by atoms with E-state index in [4.69, 9.17) is 16.3 Å². The zero-order valence-corrected chi connectivity index (χ0v) is 11.4. The van der Waals surface area contributed by atoms with Crippen molar-refractivity contribution in [1.82, 2.24) is 0 Å². The molecule has 0 bridgehead atoms. The second kappa shape index (κ2) is 4.28. The Kier molecular flexibility index (Phi) is 2.72. The maximum Gasteiger partial charge on any atom is 0.261 e. The first kappa shape index (κ1) is 12.1. The summed E-state index contributed by atoms with van der Waals surface area (Å²) in [5, 5.41) is 0.546. The van der Waals surface area contributed by atoms with Crippen molar-refractivity contribution in [2.75, 3.05) is 11.9 Å². The first-order valence-corrected chi connectivity index (χ1v) is 6.30. The number of carbonyl (C=O) groups is 1. The number of carbonyl (C=O) groups excluding carboxylic acids is 1. The Bertz CT molecular complexity index is 682. The normalized spacial score (nSPS) is 13.4. The minimum absolute atomic E-state index is 0.101. The Morgan fingerprint density at radius 2 is 1.89 bits per heavy atom. The van der Waals surface area contributed by atoms with Gasteiger partial charge in [-0.25, -0.2) is 0 Å². The lowest BCUT2D eigenvalue weighted by Gasteiger charge is -2.16. The SMILES string of the molecule is Cc1ccc2c(c1)N(C)C(=O)c1ccc(Cl)cc1O2. The highest BCUT2D eigenvalue weighted by molar-refractivity contribution is 6.31. The minimum atomic E-state index is -0.101. The summed E-state index contributed by atoms with van der Waals surface area (Å²) in [4.78, 5) is 14.0. The summed E-state index contributed by atoms with van der Waals surface area (Å²) in [6.45, 7) is 1.98. The Morgan fingerprint density at radius 1 is 1.11 bits per heavy atom. The molecule has 0 aliphatic carbocycles. The van der Waals surface area contributed by atoms with E-state index in [2.05, 4.69) is 0 Å². The van der Waals surface area contributed by atoms with Gasteiger partial charge in [0.25, 0.3) is 5.91 Å². The van der Waals surface area contributed by atoms with Crippen LogP contribution >= 0.6 is 11.6 Å². The van der Waals surface area contributed by atoms with Gasteiger partial charge in [0.1, 0.15) is 5.75 Å². The third-order valence-electron chi connectivity index (χ3n) is 3.17. The molecule has 0 saturated carbocycles. The third-order valence-corrected chi connectivity index (χ3v) is 3.41. The molecule has 0 radical (unpaired) electrons. The van der Waals surface area contributed by atoms with Crippen LogP contribution in [-0.4, -0.2) is 13.0 Å². The van der Waals surface area contributed by atoms with Gasteiger partial charge in [-0.05, 0) is 36.8 Å². The number of aryl methyl sites for hydroxylation is 1. The molecule has 0 N–H and O–H groups in total. The highest BCUT2D eigenvalue weighted by Gasteiger charge is 2.25. The van der Waals surface area contributed by atoms with E-state index in [1.54, 1.807) is 30.1 Å². The molecule has 0 aromatic heterocycles. The molecule has 0 atom stereocenters. The molecule has 3 nitrogen and oxygen atoms in total. The quantitative estimate of drug-likeness (QED) is 0.725. The second-order valence-corrected chi connectivity index (χ2v) is 5.01. The van der Waals surface area contributed by atoms with Gasteiger partial charge < -0.3 is 9.64 Å². The second-order valence-electron chi connectivity index (χ2n) is 4.58. The highest BCUT2D eigenvalue weighted by Crippen LogP contribution is 2.39. The van der Waals surface area contributed by atoms with Gasteiger partial charge in [0.05, 0.1) is 11.3 Å². The van der Waals surface area contributed by atoms with Crippen LogP contribution in [0.1, 0.15) is 15.9 Å². The van der Waals surface area contributed by atoms with Crippen LogP contribution in [0.2, 0.25) is 5.02 Å². The van der Waals surface area contributed by atoms with E-state index < -0.39 is 0 Å². The molecule has 0 spiro atoms. The van der Waals surface area contributed by atoms with Crippen LogP contribution in [-0.2, 0) is 0 Å².